The highest BCUT2D eigenvalue weighted by Gasteiger charge is 2.25. The number of ketones is 1. The van der Waals surface area contributed by atoms with E-state index in [0.29, 0.717) is 22.6 Å². The molecule has 0 spiro atoms. The second-order valence-electron chi connectivity index (χ2n) is 7.25. The van der Waals surface area contributed by atoms with E-state index >= 15 is 0 Å². The Morgan fingerprint density at radius 3 is 2.22 bits per heavy atom. The van der Waals surface area contributed by atoms with Crippen molar-refractivity contribution in [3.05, 3.63) is 66.0 Å². The van der Waals surface area contributed by atoms with Crippen LogP contribution in [0.15, 0.2) is 54.7 Å². The Balaban J connectivity index is 1.72. The predicted molar refractivity (Wildman–Crippen MR) is 104 cm³/mol. The molecule has 3 rings (SSSR count). The topological polar surface area (TPSA) is 103 Å². The molecule has 138 valence electrons. The molecule has 3 N–H and O–H groups in total. The summed E-state index contributed by atoms with van der Waals surface area (Å²) in [7, 11) is 0. The summed E-state index contributed by atoms with van der Waals surface area (Å²) < 4.78 is 1.53. The van der Waals surface area contributed by atoms with Crippen molar-refractivity contribution in [1.82, 2.24) is 15.0 Å². The summed E-state index contributed by atoms with van der Waals surface area (Å²) in [6.07, 6.45) is 1.61. The fourth-order valence-corrected chi connectivity index (χ4v) is 2.41. The summed E-state index contributed by atoms with van der Waals surface area (Å²) in [4.78, 5) is 24.5. The van der Waals surface area contributed by atoms with E-state index in [4.69, 9.17) is 5.73 Å². The van der Waals surface area contributed by atoms with Gasteiger partial charge in [0, 0.05) is 22.4 Å². The van der Waals surface area contributed by atoms with Gasteiger partial charge in [0.1, 0.15) is 5.69 Å². The molecule has 0 aliphatic carbocycles. The smallest absolute Gasteiger partial charge is 0.255 e. The molecule has 0 bridgehead atoms. The minimum Gasteiger partial charge on any atom is -0.399 e. The first kappa shape index (κ1) is 18.3. The first-order valence-electron chi connectivity index (χ1n) is 8.48. The van der Waals surface area contributed by atoms with Crippen LogP contribution in [-0.4, -0.2) is 26.7 Å². The molecule has 0 unspecified atom stereocenters. The van der Waals surface area contributed by atoms with Gasteiger partial charge in [-0.2, -0.15) is 0 Å². The highest BCUT2D eigenvalue weighted by Crippen LogP contribution is 2.20. The summed E-state index contributed by atoms with van der Waals surface area (Å²) in [5, 5.41) is 10.8. The van der Waals surface area contributed by atoms with Crippen molar-refractivity contribution in [2.75, 3.05) is 11.1 Å². The van der Waals surface area contributed by atoms with Gasteiger partial charge in [-0.05, 0) is 48.5 Å². The Labute approximate surface area is 157 Å². The third-order valence-corrected chi connectivity index (χ3v) is 3.97. The lowest BCUT2D eigenvalue weighted by Crippen LogP contribution is -2.20. The van der Waals surface area contributed by atoms with Gasteiger partial charge in [-0.3, -0.25) is 9.59 Å². The van der Waals surface area contributed by atoms with Crippen molar-refractivity contribution in [1.29, 1.82) is 0 Å². The molecular formula is C20H21N5O2. The third-order valence-electron chi connectivity index (χ3n) is 3.97. The molecule has 0 saturated heterocycles. The van der Waals surface area contributed by atoms with Crippen LogP contribution in [0.2, 0.25) is 0 Å². The SMILES string of the molecule is CC(C)(C)C(=O)c1cn(-c2ccc(NC(=O)c3ccc(N)cc3)cc2)nn1. The van der Waals surface area contributed by atoms with Crippen molar-refractivity contribution in [3.8, 4) is 5.69 Å². The maximum absolute atomic E-state index is 12.3. The van der Waals surface area contributed by atoms with Gasteiger partial charge in [0.2, 0.25) is 0 Å². The highest BCUT2D eigenvalue weighted by molar-refractivity contribution is 6.04. The Morgan fingerprint density at radius 2 is 1.63 bits per heavy atom. The molecule has 3 aromatic rings. The quantitative estimate of drug-likeness (QED) is 0.547. The van der Waals surface area contributed by atoms with Crippen LogP contribution in [0.1, 0.15) is 41.6 Å². The lowest BCUT2D eigenvalue weighted by Gasteiger charge is -2.13. The van der Waals surface area contributed by atoms with Crippen LogP contribution in [0.3, 0.4) is 0 Å². The molecule has 1 aromatic heterocycles. The van der Waals surface area contributed by atoms with Crippen LogP contribution >= 0.6 is 0 Å². The van der Waals surface area contributed by atoms with Gasteiger partial charge in [-0.25, -0.2) is 4.68 Å². The van der Waals surface area contributed by atoms with Gasteiger partial charge < -0.3 is 11.1 Å². The second-order valence-corrected chi connectivity index (χ2v) is 7.25. The molecule has 0 aliphatic rings. The van der Waals surface area contributed by atoms with Gasteiger partial charge in [0.25, 0.3) is 5.91 Å². The van der Waals surface area contributed by atoms with E-state index in [2.05, 4.69) is 15.6 Å². The predicted octanol–water partition coefficient (Wildman–Crippen LogP) is 3.33. The normalized spacial score (nSPS) is 11.2. The average molecular weight is 363 g/mol. The molecule has 0 saturated carbocycles. The lowest BCUT2D eigenvalue weighted by atomic mass is 9.89. The van der Waals surface area contributed by atoms with Crippen molar-refractivity contribution in [3.63, 3.8) is 0 Å². The first-order valence-corrected chi connectivity index (χ1v) is 8.48. The number of nitrogens with one attached hydrogen (secondary N) is 1. The van der Waals surface area contributed by atoms with E-state index in [1.165, 1.54) is 4.68 Å². The fourth-order valence-electron chi connectivity index (χ4n) is 2.41. The van der Waals surface area contributed by atoms with Crippen molar-refractivity contribution in [2.45, 2.75) is 20.8 Å². The average Bonchev–Trinajstić information content (AvgIpc) is 3.11. The molecule has 7 nitrogen and oxygen atoms in total. The number of anilines is 2. The standard InChI is InChI=1S/C20H21N5O2/c1-20(2,3)18(26)17-12-25(24-23-17)16-10-8-15(9-11-16)22-19(27)13-4-6-14(21)7-5-13/h4-12H,21H2,1-3H3,(H,22,27). The van der Waals surface area contributed by atoms with Crippen LogP contribution in [-0.2, 0) is 0 Å². The summed E-state index contributed by atoms with van der Waals surface area (Å²) in [5.74, 6) is -0.289. The van der Waals surface area contributed by atoms with Gasteiger partial charge in [0.15, 0.2) is 5.78 Å². The van der Waals surface area contributed by atoms with E-state index < -0.39 is 5.41 Å². The number of nitrogen functional groups attached to an aromatic ring is 1. The zero-order valence-corrected chi connectivity index (χ0v) is 15.4. The van der Waals surface area contributed by atoms with Gasteiger partial charge in [0.05, 0.1) is 11.9 Å². The van der Waals surface area contributed by atoms with E-state index in [9.17, 15) is 9.59 Å². The molecule has 0 aliphatic heterocycles. The molecule has 27 heavy (non-hydrogen) atoms. The van der Waals surface area contributed by atoms with Crippen LogP contribution in [0, 0.1) is 5.41 Å². The van der Waals surface area contributed by atoms with Crippen molar-refractivity contribution in [2.24, 2.45) is 5.41 Å². The number of hydrogen-bond donors (Lipinski definition) is 2. The number of nitrogens with zero attached hydrogens (tertiary/aromatic N) is 3. The molecule has 0 radical (unpaired) electrons. The van der Waals surface area contributed by atoms with Crippen LogP contribution in [0.25, 0.3) is 5.69 Å². The number of carbonyl (C=O) groups is 2. The van der Waals surface area contributed by atoms with E-state index in [1.807, 2.05) is 20.8 Å². The van der Waals surface area contributed by atoms with E-state index in [-0.39, 0.29) is 11.7 Å². The number of aromatic nitrogens is 3. The van der Waals surface area contributed by atoms with Crippen molar-refractivity contribution >= 4 is 23.1 Å². The van der Waals surface area contributed by atoms with Crippen LogP contribution in [0.4, 0.5) is 11.4 Å². The number of amides is 1. The molecule has 1 amide bonds. The summed E-state index contributed by atoms with van der Waals surface area (Å²) in [6.45, 7) is 5.52. The minimum atomic E-state index is -0.517. The molecule has 1 heterocycles. The maximum atomic E-state index is 12.3. The number of rotatable bonds is 4. The van der Waals surface area contributed by atoms with Gasteiger partial charge in [-0.1, -0.05) is 26.0 Å². The Morgan fingerprint density at radius 1 is 1.00 bits per heavy atom. The Bertz CT molecular complexity index is 967. The number of carbonyl (C=O) groups excluding carboxylic acids is 2. The zero-order valence-electron chi connectivity index (χ0n) is 15.4. The zero-order chi connectivity index (χ0) is 19.6. The van der Waals surface area contributed by atoms with Crippen LogP contribution < -0.4 is 11.1 Å². The molecule has 2 aromatic carbocycles. The maximum Gasteiger partial charge on any atom is 0.255 e. The summed E-state index contributed by atoms with van der Waals surface area (Å²) in [6, 6.07) is 13.8. The number of Topliss-reactive ketones (excluding diaryl/α,β-unsaturated/α-hetero) is 1. The first-order chi connectivity index (χ1) is 12.7. The molecule has 7 heteroatoms. The Hall–Kier alpha value is -3.48. The number of nitrogens with two attached hydrogens (primary N) is 1. The van der Waals surface area contributed by atoms with E-state index in [1.54, 1.807) is 54.7 Å². The van der Waals surface area contributed by atoms with Crippen molar-refractivity contribution < 1.29 is 9.59 Å². The largest absolute Gasteiger partial charge is 0.399 e. The molecular weight excluding hydrogens is 342 g/mol. The highest BCUT2D eigenvalue weighted by atomic mass is 16.1. The van der Waals surface area contributed by atoms with Gasteiger partial charge >= 0.3 is 0 Å². The lowest BCUT2D eigenvalue weighted by molar-refractivity contribution is 0.0852. The van der Waals surface area contributed by atoms with Gasteiger partial charge in [-0.15, -0.1) is 5.10 Å². The fraction of sp³-hybridized carbons (Fsp3) is 0.200. The monoisotopic (exact) mass is 363 g/mol. The number of hydrogen-bond acceptors (Lipinski definition) is 5. The second kappa shape index (κ2) is 7.03. The third kappa shape index (κ3) is 4.20. The number of benzene rings is 2. The summed E-state index contributed by atoms with van der Waals surface area (Å²) >= 11 is 0. The summed E-state index contributed by atoms with van der Waals surface area (Å²) in [5.41, 5.74) is 7.94. The molecule has 0 fully saturated rings. The minimum absolute atomic E-state index is 0.0684. The Kier molecular flexibility index (Phi) is 4.77. The molecule has 0 atom stereocenters. The van der Waals surface area contributed by atoms with Crippen LogP contribution in [0.5, 0.6) is 0 Å². The van der Waals surface area contributed by atoms with E-state index in [0.717, 1.165) is 5.69 Å².